The predicted molar refractivity (Wildman–Crippen MR) is 49.1 cm³/mol. The van der Waals surface area contributed by atoms with Crippen LogP contribution in [-0.4, -0.2) is 12.8 Å². The van der Waals surface area contributed by atoms with Crippen LogP contribution in [-0.2, 0) is 0 Å². The molecule has 0 aliphatic rings. The van der Waals surface area contributed by atoms with E-state index in [2.05, 4.69) is 11.6 Å². The van der Waals surface area contributed by atoms with Gasteiger partial charge in [-0.1, -0.05) is 36.9 Å². The number of hydrogen-bond donors (Lipinski definition) is 0. The van der Waals surface area contributed by atoms with Gasteiger partial charge in [-0.3, -0.25) is 4.99 Å². The standard InChI is InChI=1S/C10H11N/c1-3-10(11-2)9-7-5-4-6-8-9/h3-8H,1H2,2H3/b11-10-. The topological polar surface area (TPSA) is 12.4 Å². The zero-order chi connectivity index (χ0) is 8.10. The molecule has 0 bridgehead atoms. The second kappa shape index (κ2) is 3.71. The lowest BCUT2D eigenvalue weighted by atomic mass is 10.1. The van der Waals surface area contributed by atoms with E-state index in [1.807, 2.05) is 30.3 Å². The van der Waals surface area contributed by atoms with E-state index in [9.17, 15) is 0 Å². The van der Waals surface area contributed by atoms with E-state index in [0.29, 0.717) is 0 Å². The Hall–Kier alpha value is -1.37. The molecule has 0 saturated heterocycles. The van der Waals surface area contributed by atoms with Crippen molar-refractivity contribution in [2.45, 2.75) is 0 Å². The van der Waals surface area contributed by atoms with Crippen LogP contribution in [0.15, 0.2) is 48.0 Å². The van der Waals surface area contributed by atoms with E-state index >= 15 is 0 Å². The summed E-state index contributed by atoms with van der Waals surface area (Å²) in [6.07, 6.45) is 1.76. The maximum absolute atomic E-state index is 4.08. The van der Waals surface area contributed by atoms with Crippen molar-refractivity contribution in [1.82, 2.24) is 0 Å². The molecule has 0 atom stereocenters. The molecule has 0 aliphatic heterocycles. The highest BCUT2D eigenvalue weighted by atomic mass is 14.7. The molecule has 1 rings (SSSR count). The lowest BCUT2D eigenvalue weighted by molar-refractivity contribution is 1.43. The number of allylic oxidation sites excluding steroid dienone is 1. The van der Waals surface area contributed by atoms with Crippen LogP contribution in [0, 0.1) is 0 Å². The van der Waals surface area contributed by atoms with Crippen molar-refractivity contribution in [3.63, 3.8) is 0 Å². The fourth-order valence-electron chi connectivity index (χ4n) is 0.947. The highest BCUT2D eigenvalue weighted by molar-refractivity contribution is 6.08. The average Bonchev–Trinajstić information content (AvgIpc) is 2.09. The predicted octanol–water partition coefficient (Wildman–Crippen LogP) is 2.29. The monoisotopic (exact) mass is 145 g/mol. The molecule has 56 valence electrons. The SMILES string of the molecule is C=C/C(=N/C)c1ccccc1. The van der Waals surface area contributed by atoms with Crippen LogP contribution in [0.1, 0.15) is 5.56 Å². The summed E-state index contributed by atoms with van der Waals surface area (Å²) in [7, 11) is 1.77. The molecule has 0 N–H and O–H groups in total. The average molecular weight is 145 g/mol. The summed E-state index contributed by atoms with van der Waals surface area (Å²) >= 11 is 0. The number of rotatable bonds is 2. The third kappa shape index (κ3) is 1.77. The minimum absolute atomic E-state index is 0.936. The number of hydrogen-bond acceptors (Lipinski definition) is 1. The van der Waals surface area contributed by atoms with Crippen LogP contribution in [0.3, 0.4) is 0 Å². The van der Waals surface area contributed by atoms with Gasteiger partial charge in [0, 0.05) is 7.05 Å². The zero-order valence-electron chi connectivity index (χ0n) is 6.62. The molecule has 1 aromatic rings. The van der Waals surface area contributed by atoms with Gasteiger partial charge in [0.25, 0.3) is 0 Å². The fraction of sp³-hybridized carbons (Fsp3) is 0.100. The quantitative estimate of drug-likeness (QED) is 0.566. The molecular weight excluding hydrogens is 134 g/mol. The van der Waals surface area contributed by atoms with Crippen LogP contribution in [0.4, 0.5) is 0 Å². The van der Waals surface area contributed by atoms with Gasteiger partial charge in [0.05, 0.1) is 5.71 Å². The first-order valence-corrected chi connectivity index (χ1v) is 3.53. The van der Waals surface area contributed by atoms with E-state index < -0.39 is 0 Å². The van der Waals surface area contributed by atoms with Crippen LogP contribution >= 0.6 is 0 Å². The Balaban J connectivity index is 3.01. The number of nitrogens with zero attached hydrogens (tertiary/aromatic N) is 1. The molecule has 0 unspecified atom stereocenters. The molecule has 0 spiro atoms. The third-order valence-corrected chi connectivity index (χ3v) is 1.50. The summed E-state index contributed by atoms with van der Waals surface area (Å²) in [5.41, 5.74) is 2.05. The summed E-state index contributed by atoms with van der Waals surface area (Å²) in [6.45, 7) is 3.68. The van der Waals surface area contributed by atoms with Crippen molar-refractivity contribution in [3.05, 3.63) is 48.6 Å². The first-order valence-electron chi connectivity index (χ1n) is 3.53. The number of benzene rings is 1. The summed E-state index contributed by atoms with van der Waals surface area (Å²) in [5.74, 6) is 0. The van der Waals surface area contributed by atoms with Gasteiger partial charge in [0.2, 0.25) is 0 Å². The Morgan fingerprint density at radius 2 is 2.00 bits per heavy atom. The molecule has 0 saturated carbocycles. The molecule has 1 aromatic carbocycles. The highest BCUT2D eigenvalue weighted by Crippen LogP contribution is 2.00. The van der Waals surface area contributed by atoms with E-state index in [0.717, 1.165) is 11.3 Å². The van der Waals surface area contributed by atoms with Crippen molar-refractivity contribution in [1.29, 1.82) is 0 Å². The molecule has 0 fully saturated rings. The molecule has 1 nitrogen and oxygen atoms in total. The number of aliphatic imine (C=N–C) groups is 1. The van der Waals surface area contributed by atoms with Crippen molar-refractivity contribution in [3.8, 4) is 0 Å². The second-order valence-electron chi connectivity index (χ2n) is 2.18. The minimum Gasteiger partial charge on any atom is -0.288 e. The molecular formula is C10H11N. The first-order chi connectivity index (χ1) is 5.38. The molecule has 0 heterocycles. The Morgan fingerprint density at radius 3 is 2.45 bits per heavy atom. The zero-order valence-corrected chi connectivity index (χ0v) is 6.62. The van der Waals surface area contributed by atoms with Crippen molar-refractivity contribution < 1.29 is 0 Å². The van der Waals surface area contributed by atoms with Crippen molar-refractivity contribution in [2.75, 3.05) is 7.05 Å². The first kappa shape index (κ1) is 7.73. The van der Waals surface area contributed by atoms with Gasteiger partial charge in [0.15, 0.2) is 0 Å². The largest absolute Gasteiger partial charge is 0.288 e. The van der Waals surface area contributed by atoms with Gasteiger partial charge in [0.1, 0.15) is 0 Å². The Kier molecular flexibility index (Phi) is 2.61. The summed E-state index contributed by atoms with van der Waals surface area (Å²) in [6, 6.07) is 10.0. The van der Waals surface area contributed by atoms with Gasteiger partial charge < -0.3 is 0 Å². The molecule has 0 amide bonds. The molecule has 0 radical (unpaired) electrons. The van der Waals surface area contributed by atoms with Crippen molar-refractivity contribution >= 4 is 5.71 Å². The second-order valence-corrected chi connectivity index (χ2v) is 2.18. The lowest BCUT2D eigenvalue weighted by Gasteiger charge is -1.97. The van der Waals surface area contributed by atoms with Gasteiger partial charge >= 0.3 is 0 Å². The van der Waals surface area contributed by atoms with Crippen LogP contribution in [0.5, 0.6) is 0 Å². The molecule has 0 aromatic heterocycles. The summed E-state index contributed by atoms with van der Waals surface area (Å²) in [4.78, 5) is 4.08. The lowest BCUT2D eigenvalue weighted by Crippen LogP contribution is -1.94. The van der Waals surface area contributed by atoms with Crippen LogP contribution < -0.4 is 0 Å². The maximum atomic E-state index is 4.08. The highest BCUT2D eigenvalue weighted by Gasteiger charge is 1.93. The smallest absolute Gasteiger partial charge is 0.0637 e. The third-order valence-electron chi connectivity index (χ3n) is 1.50. The normalized spacial score (nSPS) is 11.2. The van der Waals surface area contributed by atoms with E-state index in [1.165, 1.54) is 0 Å². The fourth-order valence-corrected chi connectivity index (χ4v) is 0.947. The summed E-state index contributed by atoms with van der Waals surface area (Å²) < 4.78 is 0. The Morgan fingerprint density at radius 1 is 1.36 bits per heavy atom. The van der Waals surface area contributed by atoms with Gasteiger partial charge in [-0.15, -0.1) is 0 Å². The molecule has 11 heavy (non-hydrogen) atoms. The van der Waals surface area contributed by atoms with Crippen molar-refractivity contribution in [2.24, 2.45) is 4.99 Å². The Bertz CT molecular complexity index is 259. The Labute approximate surface area is 67.1 Å². The van der Waals surface area contributed by atoms with E-state index in [4.69, 9.17) is 0 Å². The van der Waals surface area contributed by atoms with Crippen LogP contribution in [0.25, 0.3) is 0 Å². The molecule has 1 heteroatoms. The minimum atomic E-state index is 0.936. The van der Waals surface area contributed by atoms with Gasteiger partial charge in [-0.2, -0.15) is 0 Å². The maximum Gasteiger partial charge on any atom is 0.0637 e. The summed E-state index contributed by atoms with van der Waals surface area (Å²) in [5, 5.41) is 0. The van der Waals surface area contributed by atoms with E-state index in [1.54, 1.807) is 13.1 Å². The van der Waals surface area contributed by atoms with Gasteiger partial charge in [-0.25, -0.2) is 0 Å². The van der Waals surface area contributed by atoms with E-state index in [-0.39, 0.29) is 0 Å². The van der Waals surface area contributed by atoms with Crippen LogP contribution in [0.2, 0.25) is 0 Å². The molecule has 0 aliphatic carbocycles. The van der Waals surface area contributed by atoms with Gasteiger partial charge in [-0.05, 0) is 11.6 Å².